The summed E-state index contributed by atoms with van der Waals surface area (Å²) in [5.74, 6) is 0.332. The zero-order valence-electron chi connectivity index (χ0n) is 13.4. The van der Waals surface area contributed by atoms with E-state index in [-0.39, 0.29) is 5.82 Å². The van der Waals surface area contributed by atoms with E-state index < -0.39 is 12.1 Å². The normalized spacial score (nSPS) is 12.4. The average molecular weight is 321 g/mol. The summed E-state index contributed by atoms with van der Waals surface area (Å²) in [7, 11) is 3.14. The van der Waals surface area contributed by atoms with Gasteiger partial charge in [0, 0.05) is 6.54 Å². The maximum Gasteiger partial charge on any atom is 0.341 e. The number of ether oxygens (including phenoxy) is 1. The molecule has 23 heavy (non-hydrogen) atoms. The monoisotopic (exact) mass is 321 g/mol. The summed E-state index contributed by atoms with van der Waals surface area (Å²) in [5.41, 5.74) is 1.04. The zero-order valence-corrected chi connectivity index (χ0v) is 13.4. The van der Waals surface area contributed by atoms with Gasteiger partial charge in [-0.1, -0.05) is 12.1 Å². The first kappa shape index (κ1) is 17.2. The maximum atomic E-state index is 12.9. The standard InChI is InChI=1S/C17H20FNO4/c1-11-15(17(21)22-3)8-14(23-11)9-19(2)10-16(20)12-4-6-13(18)7-5-12/h4-8,16,20H,9-10H2,1-3H3. The van der Waals surface area contributed by atoms with Crippen LogP contribution in [0.3, 0.4) is 0 Å². The van der Waals surface area contributed by atoms with Crippen LogP contribution in [0.25, 0.3) is 0 Å². The molecule has 0 aliphatic carbocycles. The number of carbonyl (C=O) groups excluding carboxylic acids is 1. The van der Waals surface area contributed by atoms with E-state index in [2.05, 4.69) is 4.74 Å². The zero-order chi connectivity index (χ0) is 17.0. The van der Waals surface area contributed by atoms with Crippen molar-refractivity contribution in [3.8, 4) is 0 Å². The number of nitrogens with zero attached hydrogens (tertiary/aromatic N) is 1. The van der Waals surface area contributed by atoms with E-state index in [0.29, 0.717) is 35.7 Å². The van der Waals surface area contributed by atoms with Crippen LogP contribution in [0, 0.1) is 12.7 Å². The number of aliphatic hydroxyl groups is 1. The van der Waals surface area contributed by atoms with E-state index in [1.54, 1.807) is 25.1 Å². The summed E-state index contributed by atoms with van der Waals surface area (Å²) in [6, 6.07) is 7.39. The molecule has 124 valence electrons. The Hall–Kier alpha value is -2.18. The largest absolute Gasteiger partial charge is 0.465 e. The quantitative estimate of drug-likeness (QED) is 0.829. The number of esters is 1. The van der Waals surface area contributed by atoms with Crippen molar-refractivity contribution in [2.24, 2.45) is 0 Å². The molecular formula is C17H20FNO4. The molecule has 0 aliphatic rings. The van der Waals surface area contributed by atoms with Crippen LogP contribution < -0.4 is 0 Å². The highest BCUT2D eigenvalue weighted by atomic mass is 19.1. The summed E-state index contributed by atoms with van der Waals surface area (Å²) in [5, 5.41) is 10.2. The predicted molar refractivity (Wildman–Crippen MR) is 82.5 cm³/mol. The van der Waals surface area contributed by atoms with Crippen molar-refractivity contribution in [3.05, 3.63) is 58.8 Å². The van der Waals surface area contributed by atoms with Crippen LogP contribution in [-0.4, -0.2) is 36.7 Å². The molecule has 0 aliphatic heterocycles. The molecule has 1 N–H and O–H groups in total. The van der Waals surface area contributed by atoms with Crippen LogP contribution >= 0.6 is 0 Å². The molecule has 0 fully saturated rings. The number of hydrogen-bond acceptors (Lipinski definition) is 5. The number of aryl methyl sites for hydroxylation is 1. The molecule has 5 nitrogen and oxygen atoms in total. The fraction of sp³-hybridized carbons (Fsp3) is 0.353. The molecule has 0 bridgehead atoms. The summed E-state index contributed by atoms with van der Waals surface area (Å²) in [6.07, 6.45) is -0.739. The topological polar surface area (TPSA) is 62.9 Å². The summed E-state index contributed by atoms with van der Waals surface area (Å²) in [6.45, 7) is 2.47. The third-order valence-electron chi connectivity index (χ3n) is 3.54. The third kappa shape index (κ3) is 4.40. The fourth-order valence-electron chi connectivity index (χ4n) is 2.35. The van der Waals surface area contributed by atoms with Gasteiger partial charge in [0.05, 0.1) is 19.8 Å². The minimum Gasteiger partial charge on any atom is -0.465 e. The minimum atomic E-state index is -0.739. The number of halogens is 1. The molecule has 0 saturated carbocycles. The molecule has 0 radical (unpaired) electrons. The molecule has 1 aromatic carbocycles. The van der Waals surface area contributed by atoms with Gasteiger partial charge in [0.2, 0.25) is 0 Å². The molecule has 6 heteroatoms. The number of hydrogen-bond donors (Lipinski definition) is 1. The second-order valence-corrected chi connectivity index (χ2v) is 5.44. The van der Waals surface area contributed by atoms with Gasteiger partial charge in [-0.05, 0) is 37.7 Å². The van der Waals surface area contributed by atoms with Crippen molar-refractivity contribution in [2.45, 2.75) is 19.6 Å². The lowest BCUT2D eigenvalue weighted by atomic mass is 10.1. The number of carbonyl (C=O) groups is 1. The Labute approximate surface area is 134 Å². The van der Waals surface area contributed by atoms with Gasteiger partial charge in [0.1, 0.15) is 22.9 Å². The molecular weight excluding hydrogens is 301 g/mol. The number of likely N-dealkylation sites (N-methyl/N-ethyl adjacent to an activating group) is 1. The summed E-state index contributed by atoms with van der Waals surface area (Å²) < 4.78 is 23.1. The highest BCUT2D eigenvalue weighted by Gasteiger charge is 2.17. The fourth-order valence-corrected chi connectivity index (χ4v) is 2.35. The van der Waals surface area contributed by atoms with Crippen molar-refractivity contribution in [3.63, 3.8) is 0 Å². The predicted octanol–water partition coefficient (Wildman–Crippen LogP) is 2.68. The van der Waals surface area contributed by atoms with Crippen LogP contribution in [0.2, 0.25) is 0 Å². The van der Waals surface area contributed by atoms with Gasteiger partial charge < -0.3 is 14.3 Å². The highest BCUT2D eigenvalue weighted by Crippen LogP contribution is 2.19. The molecule has 1 heterocycles. The van der Waals surface area contributed by atoms with Crippen LogP contribution in [-0.2, 0) is 11.3 Å². The Morgan fingerprint density at radius 3 is 2.65 bits per heavy atom. The SMILES string of the molecule is COC(=O)c1cc(CN(C)CC(O)c2ccc(F)cc2)oc1C. The van der Waals surface area contributed by atoms with Gasteiger partial charge >= 0.3 is 5.97 Å². The number of methoxy groups -OCH3 is 1. The lowest BCUT2D eigenvalue weighted by Gasteiger charge is -2.19. The first-order chi connectivity index (χ1) is 10.9. The van der Waals surface area contributed by atoms with Crippen LogP contribution in [0.15, 0.2) is 34.7 Å². The van der Waals surface area contributed by atoms with Crippen molar-refractivity contribution in [2.75, 3.05) is 20.7 Å². The van der Waals surface area contributed by atoms with E-state index in [1.165, 1.54) is 19.2 Å². The molecule has 1 unspecified atom stereocenters. The van der Waals surface area contributed by atoms with E-state index >= 15 is 0 Å². The van der Waals surface area contributed by atoms with Crippen LogP contribution in [0.5, 0.6) is 0 Å². The van der Waals surface area contributed by atoms with E-state index in [1.807, 2.05) is 11.9 Å². The summed E-state index contributed by atoms with van der Waals surface area (Å²) >= 11 is 0. The summed E-state index contributed by atoms with van der Waals surface area (Å²) in [4.78, 5) is 13.4. The molecule has 1 aromatic heterocycles. The maximum absolute atomic E-state index is 12.9. The van der Waals surface area contributed by atoms with E-state index in [9.17, 15) is 14.3 Å². The average Bonchev–Trinajstić information content (AvgIpc) is 2.87. The second-order valence-electron chi connectivity index (χ2n) is 5.44. The first-order valence-corrected chi connectivity index (χ1v) is 7.20. The molecule has 0 saturated heterocycles. The van der Waals surface area contributed by atoms with Gasteiger partial charge in [-0.2, -0.15) is 0 Å². The first-order valence-electron chi connectivity index (χ1n) is 7.20. The minimum absolute atomic E-state index is 0.337. The third-order valence-corrected chi connectivity index (χ3v) is 3.54. The Bertz CT molecular complexity index is 666. The number of benzene rings is 1. The van der Waals surface area contributed by atoms with E-state index in [0.717, 1.165) is 0 Å². The Kier molecular flexibility index (Phi) is 5.52. The number of furan rings is 1. The van der Waals surface area contributed by atoms with E-state index in [4.69, 9.17) is 4.42 Å². The van der Waals surface area contributed by atoms with Gasteiger partial charge in [-0.15, -0.1) is 0 Å². The molecule has 0 spiro atoms. The van der Waals surface area contributed by atoms with Crippen molar-refractivity contribution < 1.29 is 23.4 Å². The number of aliphatic hydroxyl groups excluding tert-OH is 1. The Balaban J connectivity index is 1.98. The Morgan fingerprint density at radius 1 is 1.39 bits per heavy atom. The number of rotatable bonds is 6. The van der Waals surface area contributed by atoms with Crippen molar-refractivity contribution in [1.82, 2.24) is 4.90 Å². The van der Waals surface area contributed by atoms with Gasteiger partial charge in [0.15, 0.2) is 0 Å². The van der Waals surface area contributed by atoms with Crippen molar-refractivity contribution >= 4 is 5.97 Å². The lowest BCUT2D eigenvalue weighted by Crippen LogP contribution is -2.24. The second kappa shape index (κ2) is 7.39. The van der Waals surface area contributed by atoms with Crippen LogP contribution in [0.1, 0.15) is 33.5 Å². The Morgan fingerprint density at radius 2 is 2.04 bits per heavy atom. The van der Waals surface area contributed by atoms with Gasteiger partial charge in [0.25, 0.3) is 0 Å². The highest BCUT2D eigenvalue weighted by molar-refractivity contribution is 5.90. The van der Waals surface area contributed by atoms with Gasteiger partial charge in [-0.25, -0.2) is 9.18 Å². The van der Waals surface area contributed by atoms with Crippen molar-refractivity contribution in [1.29, 1.82) is 0 Å². The molecule has 2 aromatic rings. The molecule has 2 rings (SSSR count). The van der Waals surface area contributed by atoms with Crippen LogP contribution in [0.4, 0.5) is 4.39 Å². The lowest BCUT2D eigenvalue weighted by molar-refractivity contribution is 0.0598. The van der Waals surface area contributed by atoms with Gasteiger partial charge in [-0.3, -0.25) is 4.90 Å². The smallest absolute Gasteiger partial charge is 0.341 e. The molecule has 0 amide bonds. The molecule has 1 atom stereocenters.